The fraction of sp³-hybridized carbons (Fsp3) is 0.462. The van der Waals surface area contributed by atoms with E-state index >= 15 is 0 Å². The van der Waals surface area contributed by atoms with E-state index in [4.69, 9.17) is 5.11 Å². The number of nitrogens with one attached hydrogen (secondary N) is 1. The first kappa shape index (κ1) is 14.5. The molecule has 1 aromatic heterocycles. The van der Waals surface area contributed by atoms with Gasteiger partial charge in [0, 0.05) is 26.1 Å². The van der Waals surface area contributed by atoms with Gasteiger partial charge in [0.1, 0.15) is 4.88 Å². The lowest BCUT2D eigenvalue weighted by Gasteiger charge is -2.14. The van der Waals surface area contributed by atoms with Crippen LogP contribution >= 0.6 is 11.3 Å². The predicted molar refractivity (Wildman–Crippen MR) is 74.0 cm³/mol. The lowest BCUT2D eigenvalue weighted by molar-refractivity contribution is -0.129. The van der Waals surface area contributed by atoms with Crippen molar-refractivity contribution in [1.82, 2.24) is 10.2 Å². The molecule has 2 rings (SSSR count). The van der Waals surface area contributed by atoms with Crippen molar-refractivity contribution in [2.45, 2.75) is 19.3 Å². The molecule has 0 saturated carbocycles. The van der Waals surface area contributed by atoms with E-state index < -0.39 is 5.97 Å². The van der Waals surface area contributed by atoms with Crippen molar-refractivity contribution in [3.63, 3.8) is 0 Å². The summed E-state index contributed by atoms with van der Waals surface area (Å²) in [6.07, 6.45) is 2.37. The molecule has 0 radical (unpaired) electrons. The maximum absolute atomic E-state index is 11.8. The SMILES string of the molecule is O=C(O)c1ccc(C(=O)NCCC(=O)N2CCCC2)s1. The van der Waals surface area contributed by atoms with E-state index in [0.29, 0.717) is 4.88 Å². The van der Waals surface area contributed by atoms with E-state index in [2.05, 4.69) is 5.32 Å². The molecule has 1 aliphatic heterocycles. The Bertz CT molecular complexity index is 520. The minimum atomic E-state index is -1.04. The molecular formula is C13H16N2O4S. The van der Waals surface area contributed by atoms with Crippen LogP contribution in [-0.4, -0.2) is 47.4 Å². The number of carbonyl (C=O) groups excluding carboxylic acids is 2. The summed E-state index contributed by atoms with van der Waals surface area (Å²) in [6.45, 7) is 1.88. The third-order valence-corrected chi connectivity index (χ3v) is 4.20. The molecule has 1 fully saturated rings. The van der Waals surface area contributed by atoms with Gasteiger partial charge in [-0.1, -0.05) is 0 Å². The van der Waals surface area contributed by atoms with Gasteiger partial charge in [0.25, 0.3) is 5.91 Å². The van der Waals surface area contributed by atoms with E-state index in [1.54, 1.807) is 4.90 Å². The van der Waals surface area contributed by atoms with Crippen LogP contribution in [-0.2, 0) is 4.79 Å². The third kappa shape index (κ3) is 3.57. The molecule has 2 N–H and O–H groups in total. The largest absolute Gasteiger partial charge is 0.477 e. The van der Waals surface area contributed by atoms with E-state index in [1.165, 1.54) is 12.1 Å². The Morgan fingerprint density at radius 1 is 1.20 bits per heavy atom. The van der Waals surface area contributed by atoms with Crippen molar-refractivity contribution in [3.8, 4) is 0 Å². The highest BCUT2D eigenvalue weighted by atomic mass is 32.1. The first-order valence-electron chi connectivity index (χ1n) is 6.47. The lowest BCUT2D eigenvalue weighted by atomic mass is 10.3. The molecule has 0 spiro atoms. The van der Waals surface area contributed by atoms with Crippen LogP contribution in [0.1, 0.15) is 38.6 Å². The Labute approximate surface area is 120 Å². The molecule has 1 saturated heterocycles. The van der Waals surface area contributed by atoms with E-state index in [-0.39, 0.29) is 29.7 Å². The first-order chi connectivity index (χ1) is 9.58. The summed E-state index contributed by atoms with van der Waals surface area (Å²) in [7, 11) is 0. The van der Waals surface area contributed by atoms with Crippen molar-refractivity contribution in [2.75, 3.05) is 19.6 Å². The number of hydrogen-bond acceptors (Lipinski definition) is 4. The van der Waals surface area contributed by atoms with Crippen LogP contribution in [0.4, 0.5) is 0 Å². The van der Waals surface area contributed by atoms with Crippen LogP contribution in [0, 0.1) is 0 Å². The summed E-state index contributed by atoms with van der Waals surface area (Å²) < 4.78 is 0. The molecule has 1 aromatic rings. The van der Waals surface area contributed by atoms with Gasteiger partial charge in [-0.25, -0.2) is 4.79 Å². The van der Waals surface area contributed by atoms with Crippen LogP contribution in [0.25, 0.3) is 0 Å². The van der Waals surface area contributed by atoms with Crippen LogP contribution in [0.15, 0.2) is 12.1 Å². The molecule has 7 heteroatoms. The summed E-state index contributed by atoms with van der Waals surface area (Å²) in [5.41, 5.74) is 0. The van der Waals surface area contributed by atoms with Gasteiger partial charge in [-0.15, -0.1) is 11.3 Å². The van der Waals surface area contributed by atoms with Crippen LogP contribution in [0.3, 0.4) is 0 Å². The number of thiophene rings is 1. The molecule has 2 heterocycles. The fourth-order valence-electron chi connectivity index (χ4n) is 2.07. The highest BCUT2D eigenvalue weighted by Gasteiger charge is 2.18. The average molecular weight is 296 g/mol. The molecule has 20 heavy (non-hydrogen) atoms. The van der Waals surface area contributed by atoms with Crippen molar-refractivity contribution in [3.05, 3.63) is 21.9 Å². The van der Waals surface area contributed by atoms with Crippen LogP contribution < -0.4 is 5.32 Å². The Morgan fingerprint density at radius 3 is 2.45 bits per heavy atom. The number of rotatable bonds is 5. The van der Waals surface area contributed by atoms with Crippen LogP contribution in [0.2, 0.25) is 0 Å². The second-order valence-corrected chi connectivity index (χ2v) is 5.65. The quantitative estimate of drug-likeness (QED) is 0.854. The Hall–Kier alpha value is -1.89. The molecular weight excluding hydrogens is 280 g/mol. The second-order valence-electron chi connectivity index (χ2n) is 4.56. The highest BCUT2D eigenvalue weighted by molar-refractivity contribution is 7.15. The number of carboxylic acids is 1. The monoisotopic (exact) mass is 296 g/mol. The molecule has 108 valence electrons. The molecule has 0 aromatic carbocycles. The Kier molecular flexibility index (Phi) is 4.73. The Balaban J connectivity index is 1.76. The predicted octanol–water partition coefficient (Wildman–Crippen LogP) is 1.19. The van der Waals surface area contributed by atoms with Crippen LogP contribution in [0.5, 0.6) is 0 Å². The minimum absolute atomic E-state index is 0.0557. The standard InChI is InChI=1S/C13H16N2O4S/c16-11(15-7-1-2-8-15)5-6-14-12(17)9-3-4-10(20-9)13(18)19/h3-4H,1-2,5-8H2,(H,14,17)(H,18,19). The van der Waals surface area contributed by atoms with Gasteiger partial charge < -0.3 is 15.3 Å². The average Bonchev–Trinajstić information content (AvgIpc) is 3.09. The molecule has 6 nitrogen and oxygen atoms in total. The van der Waals surface area contributed by atoms with Crippen molar-refractivity contribution < 1.29 is 19.5 Å². The third-order valence-electron chi connectivity index (χ3n) is 3.12. The minimum Gasteiger partial charge on any atom is -0.477 e. The van der Waals surface area contributed by atoms with E-state index in [9.17, 15) is 14.4 Å². The number of likely N-dealkylation sites (tertiary alicyclic amines) is 1. The molecule has 0 atom stereocenters. The summed E-state index contributed by atoms with van der Waals surface area (Å²) in [5, 5.41) is 11.4. The number of aromatic carboxylic acids is 1. The topological polar surface area (TPSA) is 86.7 Å². The highest BCUT2D eigenvalue weighted by Crippen LogP contribution is 2.16. The van der Waals surface area contributed by atoms with Crippen molar-refractivity contribution in [2.24, 2.45) is 0 Å². The van der Waals surface area contributed by atoms with Gasteiger partial charge in [-0.2, -0.15) is 0 Å². The second kappa shape index (κ2) is 6.51. The molecule has 2 amide bonds. The maximum atomic E-state index is 11.8. The summed E-state index contributed by atoms with van der Waals surface area (Å²) in [5.74, 6) is -1.32. The van der Waals surface area contributed by atoms with Gasteiger partial charge in [0.2, 0.25) is 5.91 Å². The number of carbonyl (C=O) groups is 3. The van der Waals surface area contributed by atoms with Gasteiger partial charge in [0.05, 0.1) is 4.88 Å². The summed E-state index contributed by atoms with van der Waals surface area (Å²) >= 11 is 0.926. The van der Waals surface area contributed by atoms with Crippen molar-refractivity contribution in [1.29, 1.82) is 0 Å². The lowest BCUT2D eigenvalue weighted by Crippen LogP contribution is -2.32. The van der Waals surface area contributed by atoms with Gasteiger partial charge in [0.15, 0.2) is 0 Å². The Morgan fingerprint density at radius 2 is 1.85 bits per heavy atom. The maximum Gasteiger partial charge on any atom is 0.345 e. The van der Waals surface area contributed by atoms with Gasteiger partial charge in [-0.05, 0) is 25.0 Å². The normalized spacial score (nSPS) is 14.3. The number of carboxylic acid groups (broad SMARTS) is 1. The smallest absolute Gasteiger partial charge is 0.345 e. The molecule has 0 bridgehead atoms. The number of nitrogens with zero attached hydrogens (tertiary/aromatic N) is 1. The summed E-state index contributed by atoms with van der Waals surface area (Å²) in [6, 6.07) is 2.88. The van der Waals surface area contributed by atoms with E-state index in [0.717, 1.165) is 37.3 Å². The molecule has 1 aliphatic rings. The zero-order chi connectivity index (χ0) is 14.5. The molecule has 0 aliphatic carbocycles. The fourth-order valence-corrected chi connectivity index (χ4v) is 2.83. The van der Waals surface area contributed by atoms with Gasteiger partial charge >= 0.3 is 5.97 Å². The van der Waals surface area contributed by atoms with Crippen molar-refractivity contribution >= 4 is 29.1 Å². The summed E-state index contributed by atoms with van der Waals surface area (Å²) in [4.78, 5) is 36.5. The number of hydrogen-bond donors (Lipinski definition) is 2. The zero-order valence-electron chi connectivity index (χ0n) is 10.9. The molecule has 0 unspecified atom stereocenters. The zero-order valence-corrected chi connectivity index (χ0v) is 11.7. The van der Waals surface area contributed by atoms with Gasteiger partial charge in [-0.3, -0.25) is 9.59 Å². The van der Waals surface area contributed by atoms with E-state index in [1.807, 2.05) is 0 Å². The first-order valence-corrected chi connectivity index (χ1v) is 7.28. The number of amides is 2.